The van der Waals surface area contributed by atoms with Gasteiger partial charge in [0.1, 0.15) is 68.8 Å². The first-order valence-corrected chi connectivity index (χ1v) is 35.1. The molecular formula is C66H70N7O13PS4. The van der Waals surface area contributed by atoms with Crippen molar-refractivity contribution in [3.8, 4) is 17.9 Å². The van der Waals surface area contributed by atoms with Crippen molar-refractivity contribution in [2.45, 2.75) is 87.2 Å². The van der Waals surface area contributed by atoms with E-state index in [2.05, 4.69) is 34.0 Å². The molecule has 2 N–H and O–H groups in total. The predicted octanol–water partition coefficient (Wildman–Crippen LogP) is 11.9. The predicted molar refractivity (Wildman–Crippen MR) is 353 cm³/mol. The Hall–Kier alpha value is -7.97. The van der Waals surface area contributed by atoms with Crippen molar-refractivity contribution >= 4 is 73.4 Å². The largest absolute Gasteiger partial charge is 0.490 e. The number of nitrogens with one attached hydrogen (secondary N) is 1. The van der Waals surface area contributed by atoms with E-state index in [1.807, 2.05) is 86.9 Å². The lowest BCUT2D eigenvalue weighted by atomic mass is 9.84. The number of rotatable bonds is 27. The second kappa shape index (κ2) is 32.9. The molecule has 0 spiro atoms. The van der Waals surface area contributed by atoms with E-state index in [-0.39, 0.29) is 46.7 Å². The Kier molecular flexibility index (Phi) is 25.5. The van der Waals surface area contributed by atoms with Crippen molar-refractivity contribution in [1.82, 2.24) is 15.0 Å². The van der Waals surface area contributed by atoms with E-state index in [1.165, 1.54) is 24.3 Å². The molecule has 1 amide bonds. The lowest BCUT2D eigenvalue weighted by Crippen LogP contribution is -2.59. The molecule has 0 saturated carbocycles. The number of anilines is 1. The van der Waals surface area contributed by atoms with Crippen LogP contribution >= 0.6 is 31.3 Å². The van der Waals surface area contributed by atoms with Crippen LogP contribution in [0.15, 0.2) is 192 Å². The number of benzene rings is 6. The van der Waals surface area contributed by atoms with E-state index in [0.29, 0.717) is 70.5 Å². The van der Waals surface area contributed by atoms with Crippen LogP contribution in [0, 0.1) is 22.7 Å². The summed E-state index contributed by atoms with van der Waals surface area (Å²) >= 11 is 1.94. The zero-order valence-electron chi connectivity index (χ0n) is 51.2. The summed E-state index contributed by atoms with van der Waals surface area (Å²) in [5.74, 6) is -0.289. The normalized spacial score (nSPS) is 15.1. The number of nitrogens with zero attached hydrogens (tertiary/aromatic N) is 6. The van der Waals surface area contributed by atoms with Gasteiger partial charge in [0.2, 0.25) is 5.91 Å². The van der Waals surface area contributed by atoms with E-state index in [1.54, 1.807) is 105 Å². The van der Waals surface area contributed by atoms with Crippen molar-refractivity contribution in [3.05, 3.63) is 237 Å². The lowest BCUT2D eigenvalue weighted by Gasteiger charge is -2.47. The van der Waals surface area contributed by atoms with Crippen molar-refractivity contribution in [2.75, 3.05) is 39.3 Å². The third kappa shape index (κ3) is 20.3. The number of nitriles is 2. The number of hydrogen-bond acceptors (Lipinski definition) is 20. The molecule has 3 atom stereocenters. The van der Waals surface area contributed by atoms with E-state index in [9.17, 15) is 41.5 Å². The second-order valence-electron chi connectivity index (χ2n) is 21.1. The highest BCUT2D eigenvalue weighted by Gasteiger charge is 2.50. The molecule has 0 bridgehead atoms. The first-order valence-electron chi connectivity index (χ1n) is 28.5. The fourth-order valence-electron chi connectivity index (χ4n) is 9.60. The molecule has 25 heteroatoms. The summed E-state index contributed by atoms with van der Waals surface area (Å²) in [5.41, 5.74) is 5.03. The Balaban J connectivity index is 0.000000261. The highest BCUT2D eigenvalue weighted by atomic mass is 32.2. The number of aliphatic imine (C=N–C) groups is 1. The third-order valence-corrected chi connectivity index (χ3v) is 18.8. The van der Waals surface area contributed by atoms with E-state index >= 15 is 0 Å². The van der Waals surface area contributed by atoms with Gasteiger partial charge in [-0.25, -0.2) is 14.5 Å². The zero-order chi connectivity index (χ0) is 65.8. The number of carbonyl (C=O) groups excluding carboxylic acids is 2. The molecule has 91 heavy (non-hydrogen) atoms. The molecule has 1 aliphatic heterocycles. The van der Waals surface area contributed by atoms with Crippen LogP contribution in [0.1, 0.15) is 81.2 Å². The van der Waals surface area contributed by atoms with Crippen molar-refractivity contribution in [3.63, 3.8) is 0 Å². The fraction of sp³-hybridized carbons (Fsp3) is 0.273. The van der Waals surface area contributed by atoms with E-state index in [0.717, 1.165) is 46.5 Å². The standard InChI is InChI=1S/C34H34N5O7PS2.C32H36N2O6S2/c1-5-28-29(20-35)32(39(2)3)37-34(30(28)21-36)48-31(26-16-18-27(19-17-26)46-49(4,42)43)33(40)38-47(41,44-22-24-12-8-6-9-13-24)45-23-25-14-10-7-11-15-25;1-4-32(34(2)3)28(39-21-25-11-7-5-8-12-25)20-33-31(30(32)40-22-26-13-9-6-10-14-26)41-29(35)19-24-15-17-27(18-16-24)23-42(36,37)38/h6-19,31H,5,22-23H2,1-4H3,(H,38,40,41);5-18,20,30H,4,19,21-23H2,1-3H3,(H,36,37,38)/t31-;/m1./s1. The van der Waals surface area contributed by atoms with Gasteiger partial charge < -0.3 is 18.6 Å². The van der Waals surface area contributed by atoms with Crippen LogP contribution in [0.5, 0.6) is 5.75 Å². The topological polar surface area (TPSA) is 277 Å². The van der Waals surface area contributed by atoms with Crippen LogP contribution < -0.4 is 14.2 Å². The Morgan fingerprint density at radius 2 is 1.21 bits per heavy atom. The Morgan fingerprint density at radius 1 is 0.703 bits per heavy atom. The Bertz CT molecular complexity index is 4000. The molecule has 6 aromatic carbocycles. The molecule has 0 radical (unpaired) electrons. The molecule has 8 rings (SSSR count). The van der Waals surface area contributed by atoms with Gasteiger partial charge in [0.05, 0.1) is 43.4 Å². The quantitative estimate of drug-likeness (QED) is 0.0209. The van der Waals surface area contributed by atoms with Crippen molar-refractivity contribution in [2.24, 2.45) is 4.99 Å². The van der Waals surface area contributed by atoms with Crippen LogP contribution in [0.25, 0.3) is 0 Å². The smallest absolute Gasteiger partial charge is 0.435 e. The molecule has 7 aromatic rings. The van der Waals surface area contributed by atoms with Crippen LogP contribution in [0.2, 0.25) is 0 Å². The molecule has 20 nitrogen and oxygen atoms in total. The number of amides is 1. The highest BCUT2D eigenvalue weighted by molar-refractivity contribution is 8.26. The molecule has 1 aromatic heterocycles. The molecule has 2 unspecified atom stereocenters. The van der Waals surface area contributed by atoms with Crippen molar-refractivity contribution < 1.29 is 58.2 Å². The lowest BCUT2D eigenvalue weighted by molar-refractivity contribution is -0.119. The number of hydrogen-bond donors (Lipinski definition) is 2. The third-order valence-electron chi connectivity index (χ3n) is 14.0. The minimum atomic E-state index is -4.35. The first kappa shape index (κ1) is 70.5. The molecule has 476 valence electrons. The van der Waals surface area contributed by atoms with Crippen molar-refractivity contribution in [1.29, 1.82) is 10.5 Å². The van der Waals surface area contributed by atoms with Gasteiger partial charge in [-0.3, -0.25) is 33.2 Å². The summed E-state index contributed by atoms with van der Waals surface area (Å²) in [5, 5.41) is 22.0. The molecule has 0 aliphatic carbocycles. The first-order chi connectivity index (χ1) is 43.5. The second-order valence-corrected chi connectivity index (χ2v) is 28.0. The van der Waals surface area contributed by atoms with Crippen LogP contribution in [-0.4, -0.2) is 93.4 Å². The van der Waals surface area contributed by atoms with Gasteiger partial charge in [0.25, 0.3) is 10.1 Å². The Labute approximate surface area is 540 Å². The maximum absolute atomic E-state index is 14.2. The summed E-state index contributed by atoms with van der Waals surface area (Å²) in [7, 11) is -4.93. The van der Waals surface area contributed by atoms with Crippen LogP contribution in [-0.2, 0) is 97.9 Å². The molecular weight excluding hydrogens is 1260 g/mol. The van der Waals surface area contributed by atoms with Crippen LogP contribution in [0.4, 0.5) is 5.82 Å². The summed E-state index contributed by atoms with van der Waals surface area (Å²) in [4.78, 5) is 40.6. The van der Waals surface area contributed by atoms with Gasteiger partial charge in [-0.15, -0.1) is 0 Å². The average Bonchev–Trinajstić information content (AvgIpc) is 0.776. The van der Waals surface area contributed by atoms with Gasteiger partial charge in [-0.1, -0.05) is 183 Å². The van der Waals surface area contributed by atoms with Gasteiger partial charge in [0.15, 0.2) is 5.12 Å². The minimum Gasteiger partial charge on any atom is -0.490 e. The molecule has 0 fully saturated rings. The maximum Gasteiger partial charge on any atom is 0.435 e. The number of ether oxygens (including phenoxy) is 2. The van der Waals surface area contributed by atoms with E-state index in [4.69, 9.17) is 32.2 Å². The molecule has 2 heterocycles. The summed E-state index contributed by atoms with van der Waals surface area (Å²) < 4.78 is 98.6. The van der Waals surface area contributed by atoms with Gasteiger partial charge >= 0.3 is 17.9 Å². The van der Waals surface area contributed by atoms with Crippen LogP contribution in [0.3, 0.4) is 0 Å². The summed E-state index contributed by atoms with van der Waals surface area (Å²) in [6.07, 6.45) is 3.12. The summed E-state index contributed by atoms with van der Waals surface area (Å²) in [6.45, 7) is 4.31. The molecule has 1 aliphatic rings. The van der Waals surface area contributed by atoms with Gasteiger partial charge in [-0.05, 0) is 95.3 Å². The zero-order valence-corrected chi connectivity index (χ0v) is 55.3. The highest BCUT2D eigenvalue weighted by Crippen LogP contribution is 2.49. The minimum absolute atomic E-state index is 0.0100. The van der Waals surface area contributed by atoms with Gasteiger partial charge in [0, 0.05) is 20.5 Å². The number of aromatic nitrogens is 1. The number of pyridine rings is 1. The Morgan fingerprint density at radius 3 is 1.67 bits per heavy atom. The molecule has 0 saturated heterocycles. The maximum atomic E-state index is 14.2. The van der Waals surface area contributed by atoms with Gasteiger partial charge in [-0.2, -0.15) is 27.4 Å². The monoisotopic (exact) mass is 1330 g/mol. The summed E-state index contributed by atoms with van der Waals surface area (Å²) in [6, 6.07) is 54.2. The number of carbonyl (C=O) groups is 2. The van der Waals surface area contributed by atoms with E-state index < -0.39 is 56.5 Å². The SMILES string of the molecule is CCC1(N(C)C)C(OCc2ccccc2)=CN=C(SC(=O)Cc2ccc(CS(=O)(=O)O)cc2)C1OCc1ccccc1.CCc1c(C#N)c(S[C@@H](C(=O)NP(=O)(OCc2ccccc2)OCc2ccccc2)c2ccc(OS(C)(=O)=O)cc2)nc(N(C)C)c1C#N. The number of likely N-dealkylation sites (N-methyl/N-ethyl adjacent to an activating group) is 1. The fourth-order valence-corrected chi connectivity index (χ4v) is 14.1. The average molecular weight is 1330 g/mol. The number of thioether (sulfide) groups is 2.